The van der Waals surface area contributed by atoms with Crippen molar-refractivity contribution in [2.24, 2.45) is 0 Å². The Kier molecular flexibility index (Phi) is 4.74. The van der Waals surface area contributed by atoms with Crippen molar-refractivity contribution in [3.8, 4) is 5.69 Å². The Morgan fingerprint density at radius 3 is 2.73 bits per heavy atom. The van der Waals surface area contributed by atoms with Crippen LogP contribution in [0.1, 0.15) is 22.4 Å². The molecule has 0 atom stereocenters. The van der Waals surface area contributed by atoms with E-state index >= 15 is 0 Å². The Bertz CT molecular complexity index is 966. The van der Waals surface area contributed by atoms with E-state index in [0.717, 1.165) is 39.8 Å². The van der Waals surface area contributed by atoms with Crippen molar-refractivity contribution in [3.05, 3.63) is 75.9 Å². The van der Waals surface area contributed by atoms with Gasteiger partial charge < -0.3 is 5.32 Å². The highest BCUT2D eigenvalue weighted by atomic mass is 35.5. The normalized spacial score (nSPS) is 12.8. The number of nitrogens with zero attached hydrogens (tertiary/aromatic N) is 2. The molecule has 2 aromatic carbocycles. The first-order chi connectivity index (χ1) is 12.6. The number of rotatable bonds is 4. The van der Waals surface area contributed by atoms with Gasteiger partial charge in [-0.2, -0.15) is 16.9 Å². The summed E-state index contributed by atoms with van der Waals surface area (Å²) >= 11 is 8.00. The fourth-order valence-corrected chi connectivity index (χ4v) is 4.24. The summed E-state index contributed by atoms with van der Waals surface area (Å²) in [4.78, 5) is 12.7. The molecule has 4 nitrogen and oxygen atoms in total. The summed E-state index contributed by atoms with van der Waals surface area (Å²) in [6.45, 7) is 2.05. The minimum atomic E-state index is -0.0916. The van der Waals surface area contributed by atoms with Crippen LogP contribution in [-0.4, -0.2) is 15.7 Å². The number of fused-ring (bicyclic) bond motifs is 1. The lowest BCUT2D eigenvalue weighted by Gasteiger charge is -2.12. The van der Waals surface area contributed by atoms with E-state index < -0.39 is 0 Å². The highest BCUT2D eigenvalue weighted by molar-refractivity contribution is 7.98. The Hall–Kier alpha value is -2.24. The maximum atomic E-state index is 12.7. The quantitative estimate of drug-likeness (QED) is 0.706. The molecule has 0 spiro atoms. The molecule has 0 fully saturated rings. The average molecular weight is 384 g/mol. The van der Waals surface area contributed by atoms with E-state index in [0.29, 0.717) is 5.02 Å². The first-order valence-electron chi connectivity index (χ1n) is 8.40. The van der Waals surface area contributed by atoms with E-state index in [4.69, 9.17) is 16.7 Å². The van der Waals surface area contributed by atoms with E-state index in [-0.39, 0.29) is 12.3 Å². The molecule has 1 aromatic heterocycles. The summed E-state index contributed by atoms with van der Waals surface area (Å²) in [7, 11) is 0. The number of aromatic nitrogens is 2. The van der Waals surface area contributed by atoms with Gasteiger partial charge in [0.2, 0.25) is 5.91 Å². The largest absolute Gasteiger partial charge is 0.310 e. The predicted octanol–water partition coefficient (Wildman–Crippen LogP) is 4.76. The molecular formula is C20H18ClN3OS. The van der Waals surface area contributed by atoms with Gasteiger partial charge in [-0.05, 0) is 30.7 Å². The minimum Gasteiger partial charge on any atom is -0.310 e. The summed E-state index contributed by atoms with van der Waals surface area (Å²) in [6, 6.07) is 15.6. The van der Waals surface area contributed by atoms with Crippen LogP contribution in [0.25, 0.3) is 5.69 Å². The average Bonchev–Trinajstić information content (AvgIpc) is 3.21. The van der Waals surface area contributed by atoms with Gasteiger partial charge >= 0.3 is 0 Å². The molecule has 0 saturated carbocycles. The zero-order chi connectivity index (χ0) is 18.1. The SMILES string of the molecule is Cc1ccc(-n2nc3c(c2NC(=O)Cc2ccccc2Cl)CSC3)cc1. The summed E-state index contributed by atoms with van der Waals surface area (Å²) < 4.78 is 1.84. The molecule has 0 radical (unpaired) electrons. The molecule has 0 aliphatic carbocycles. The maximum Gasteiger partial charge on any atom is 0.230 e. The summed E-state index contributed by atoms with van der Waals surface area (Å²) in [5, 5.41) is 8.40. The molecule has 4 rings (SSSR count). The van der Waals surface area contributed by atoms with Crippen LogP contribution in [0.15, 0.2) is 48.5 Å². The van der Waals surface area contributed by atoms with Crippen molar-refractivity contribution in [2.75, 3.05) is 5.32 Å². The van der Waals surface area contributed by atoms with Crippen molar-refractivity contribution < 1.29 is 4.79 Å². The van der Waals surface area contributed by atoms with Crippen LogP contribution >= 0.6 is 23.4 Å². The molecule has 0 bridgehead atoms. The zero-order valence-electron chi connectivity index (χ0n) is 14.3. The lowest BCUT2D eigenvalue weighted by Crippen LogP contribution is -2.18. The topological polar surface area (TPSA) is 46.9 Å². The van der Waals surface area contributed by atoms with Gasteiger partial charge in [-0.3, -0.25) is 4.79 Å². The predicted molar refractivity (Wildman–Crippen MR) is 107 cm³/mol. The number of hydrogen-bond acceptors (Lipinski definition) is 3. The summed E-state index contributed by atoms with van der Waals surface area (Å²) in [5.41, 5.74) is 5.11. The van der Waals surface area contributed by atoms with Crippen LogP contribution in [-0.2, 0) is 22.7 Å². The molecule has 6 heteroatoms. The van der Waals surface area contributed by atoms with Crippen LogP contribution in [0.2, 0.25) is 5.02 Å². The van der Waals surface area contributed by atoms with E-state index in [2.05, 4.69) is 12.2 Å². The number of aryl methyl sites for hydroxylation is 1. The van der Waals surface area contributed by atoms with Gasteiger partial charge in [0.15, 0.2) is 0 Å². The third-order valence-electron chi connectivity index (χ3n) is 4.40. The summed E-state index contributed by atoms with van der Waals surface area (Å²) in [6.07, 6.45) is 0.237. The van der Waals surface area contributed by atoms with E-state index in [9.17, 15) is 4.79 Å². The molecule has 1 amide bonds. The van der Waals surface area contributed by atoms with Gasteiger partial charge in [0.1, 0.15) is 5.82 Å². The number of carbonyl (C=O) groups excluding carboxylic acids is 1. The number of amides is 1. The number of thioether (sulfide) groups is 1. The Morgan fingerprint density at radius 1 is 1.19 bits per heavy atom. The standard InChI is InChI=1S/C20H18ClN3OS/c1-13-6-8-15(9-7-13)24-20(16-11-26-12-18(16)23-24)22-19(25)10-14-4-2-3-5-17(14)21/h2-9H,10-12H2,1H3,(H,22,25). The first-order valence-corrected chi connectivity index (χ1v) is 9.94. The lowest BCUT2D eigenvalue weighted by atomic mass is 10.1. The monoisotopic (exact) mass is 383 g/mol. The second kappa shape index (κ2) is 7.17. The van der Waals surface area contributed by atoms with Gasteiger partial charge in [0.05, 0.1) is 17.8 Å². The molecule has 0 unspecified atom stereocenters. The number of hydrogen-bond donors (Lipinski definition) is 1. The number of nitrogens with one attached hydrogen (secondary N) is 1. The van der Waals surface area contributed by atoms with Crippen molar-refractivity contribution in [2.45, 2.75) is 24.9 Å². The number of halogens is 1. The van der Waals surface area contributed by atoms with E-state index in [1.807, 2.05) is 58.9 Å². The molecule has 1 N–H and O–H groups in total. The van der Waals surface area contributed by atoms with E-state index in [1.54, 1.807) is 6.07 Å². The third-order valence-corrected chi connectivity index (χ3v) is 5.74. The van der Waals surface area contributed by atoms with Gasteiger partial charge in [0, 0.05) is 22.1 Å². The van der Waals surface area contributed by atoms with Gasteiger partial charge in [0.25, 0.3) is 0 Å². The maximum absolute atomic E-state index is 12.7. The molecule has 2 heterocycles. The molecule has 26 heavy (non-hydrogen) atoms. The fraction of sp³-hybridized carbons (Fsp3) is 0.200. The van der Waals surface area contributed by atoms with E-state index in [1.165, 1.54) is 5.56 Å². The zero-order valence-corrected chi connectivity index (χ0v) is 15.9. The van der Waals surface area contributed by atoms with Gasteiger partial charge in [-0.25, -0.2) is 4.68 Å². The third kappa shape index (κ3) is 3.37. The summed E-state index contributed by atoms with van der Waals surface area (Å²) in [5.74, 6) is 2.42. The molecule has 3 aromatic rings. The van der Waals surface area contributed by atoms with Gasteiger partial charge in [-0.1, -0.05) is 47.5 Å². The molecule has 132 valence electrons. The van der Waals surface area contributed by atoms with Crippen LogP contribution in [0, 0.1) is 6.92 Å². The molecule has 1 aliphatic heterocycles. The fourth-order valence-electron chi connectivity index (χ4n) is 3.01. The Balaban J connectivity index is 1.64. The van der Waals surface area contributed by atoms with Crippen molar-refractivity contribution in [3.63, 3.8) is 0 Å². The Morgan fingerprint density at radius 2 is 1.96 bits per heavy atom. The van der Waals surface area contributed by atoms with Crippen LogP contribution in [0.3, 0.4) is 0 Å². The Labute approximate surface area is 161 Å². The second-order valence-electron chi connectivity index (χ2n) is 6.33. The lowest BCUT2D eigenvalue weighted by molar-refractivity contribution is -0.115. The highest BCUT2D eigenvalue weighted by Gasteiger charge is 2.24. The molecular weight excluding hydrogens is 366 g/mol. The van der Waals surface area contributed by atoms with Crippen molar-refractivity contribution >= 4 is 35.1 Å². The smallest absolute Gasteiger partial charge is 0.230 e. The van der Waals surface area contributed by atoms with Crippen LogP contribution in [0.5, 0.6) is 0 Å². The number of carbonyl (C=O) groups is 1. The highest BCUT2D eigenvalue weighted by Crippen LogP contribution is 2.36. The molecule has 0 saturated heterocycles. The van der Waals surface area contributed by atoms with Crippen LogP contribution in [0.4, 0.5) is 5.82 Å². The first kappa shape index (κ1) is 17.2. The number of benzene rings is 2. The minimum absolute atomic E-state index is 0.0916. The second-order valence-corrected chi connectivity index (χ2v) is 7.72. The number of anilines is 1. The van der Waals surface area contributed by atoms with Crippen LogP contribution < -0.4 is 5.32 Å². The van der Waals surface area contributed by atoms with Gasteiger partial charge in [-0.15, -0.1) is 0 Å². The van der Waals surface area contributed by atoms with Crippen molar-refractivity contribution in [1.82, 2.24) is 9.78 Å². The molecule has 1 aliphatic rings. The van der Waals surface area contributed by atoms with Crippen molar-refractivity contribution in [1.29, 1.82) is 0 Å².